The largest absolute Gasteiger partial charge is 0.496 e. The maximum Gasteiger partial charge on any atom is 0.184 e. The van der Waals surface area contributed by atoms with Crippen LogP contribution < -0.4 is 4.74 Å². The van der Waals surface area contributed by atoms with E-state index in [1.165, 1.54) is 0 Å². The van der Waals surface area contributed by atoms with Gasteiger partial charge in [-0.25, -0.2) is 0 Å². The van der Waals surface area contributed by atoms with E-state index in [1.54, 1.807) is 7.11 Å². The van der Waals surface area contributed by atoms with Gasteiger partial charge in [-0.2, -0.15) is 0 Å². The van der Waals surface area contributed by atoms with Crippen molar-refractivity contribution in [2.45, 2.75) is 6.29 Å². The highest BCUT2D eigenvalue weighted by Gasteiger charge is 2.18. The van der Waals surface area contributed by atoms with Crippen molar-refractivity contribution in [1.29, 1.82) is 0 Å². The van der Waals surface area contributed by atoms with Crippen LogP contribution >= 0.6 is 15.9 Å². The van der Waals surface area contributed by atoms with Gasteiger partial charge in [-0.1, -0.05) is 6.07 Å². The lowest BCUT2D eigenvalue weighted by molar-refractivity contribution is -0.0441. The topological polar surface area (TPSA) is 27.7 Å². The summed E-state index contributed by atoms with van der Waals surface area (Å²) in [5, 5.41) is 0. The molecule has 1 aromatic rings. The van der Waals surface area contributed by atoms with E-state index in [0.29, 0.717) is 13.2 Å². The van der Waals surface area contributed by atoms with E-state index in [9.17, 15) is 0 Å². The maximum absolute atomic E-state index is 5.38. The summed E-state index contributed by atoms with van der Waals surface area (Å²) in [7, 11) is 1.64. The molecule has 0 unspecified atom stereocenters. The van der Waals surface area contributed by atoms with Crippen molar-refractivity contribution in [3.05, 3.63) is 28.2 Å². The average molecular weight is 259 g/mol. The maximum atomic E-state index is 5.38. The van der Waals surface area contributed by atoms with Crippen LogP contribution in [0.5, 0.6) is 5.75 Å². The predicted molar refractivity (Wildman–Crippen MR) is 55.3 cm³/mol. The SMILES string of the molecule is COc1ccc(C2OCCO2)cc1Br. The van der Waals surface area contributed by atoms with E-state index < -0.39 is 0 Å². The second-order valence-electron chi connectivity index (χ2n) is 2.97. The third-order valence-electron chi connectivity index (χ3n) is 2.07. The summed E-state index contributed by atoms with van der Waals surface area (Å²) in [6, 6.07) is 5.79. The molecule has 1 aliphatic heterocycles. The smallest absolute Gasteiger partial charge is 0.184 e. The van der Waals surface area contributed by atoms with E-state index in [-0.39, 0.29) is 6.29 Å². The van der Waals surface area contributed by atoms with Crippen molar-refractivity contribution in [3.8, 4) is 5.75 Å². The van der Waals surface area contributed by atoms with Gasteiger partial charge in [-0.3, -0.25) is 0 Å². The highest BCUT2D eigenvalue weighted by molar-refractivity contribution is 9.10. The molecule has 0 N–H and O–H groups in total. The Morgan fingerprint density at radius 1 is 1.36 bits per heavy atom. The highest BCUT2D eigenvalue weighted by Crippen LogP contribution is 2.31. The lowest BCUT2D eigenvalue weighted by Crippen LogP contribution is -1.98. The summed E-state index contributed by atoms with van der Waals surface area (Å²) < 4.78 is 16.8. The van der Waals surface area contributed by atoms with Crippen molar-refractivity contribution in [2.75, 3.05) is 20.3 Å². The fourth-order valence-electron chi connectivity index (χ4n) is 1.38. The Balaban J connectivity index is 2.23. The molecule has 0 aliphatic carbocycles. The monoisotopic (exact) mass is 258 g/mol. The van der Waals surface area contributed by atoms with Gasteiger partial charge < -0.3 is 14.2 Å². The molecule has 0 aromatic heterocycles. The van der Waals surface area contributed by atoms with Crippen LogP contribution in [-0.4, -0.2) is 20.3 Å². The Morgan fingerprint density at radius 2 is 2.07 bits per heavy atom. The minimum absolute atomic E-state index is 0.225. The second kappa shape index (κ2) is 4.29. The first-order valence-corrected chi connectivity index (χ1v) is 5.17. The van der Waals surface area contributed by atoms with Gasteiger partial charge in [0, 0.05) is 5.56 Å². The Labute approximate surface area is 91.1 Å². The van der Waals surface area contributed by atoms with Crippen LogP contribution in [0.15, 0.2) is 22.7 Å². The Bertz CT molecular complexity index is 321. The zero-order chi connectivity index (χ0) is 9.97. The fourth-order valence-corrected chi connectivity index (χ4v) is 1.94. The van der Waals surface area contributed by atoms with Crippen molar-refractivity contribution in [2.24, 2.45) is 0 Å². The summed E-state index contributed by atoms with van der Waals surface area (Å²) in [5.74, 6) is 0.812. The average Bonchev–Trinajstić information content (AvgIpc) is 2.70. The van der Waals surface area contributed by atoms with Gasteiger partial charge in [0.2, 0.25) is 0 Å². The first-order valence-electron chi connectivity index (χ1n) is 4.38. The Kier molecular flexibility index (Phi) is 3.05. The molecule has 1 aliphatic rings. The molecular formula is C10H11BrO3. The molecular weight excluding hydrogens is 248 g/mol. The van der Waals surface area contributed by atoms with Crippen molar-refractivity contribution in [3.63, 3.8) is 0 Å². The van der Waals surface area contributed by atoms with Gasteiger partial charge in [-0.05, 0) is 28.1 Å². The molecule has 0 radical (unpaired) electrons. The number of hydrogen-bond donors (Lipinski definition) is 0. The molecule has 14 heavy (non-hydrogen) atoms. The number of methoxy groups -OCH3 is 1. The zero-order valence-electron chi connectivity index (χ0n) is 7.83. The number of hydrogen-bond acceptors (Lipinski definition) is 3. The molecule has 76 valence electrons. The van der Waals surface area contributed by atoms with Gasteiger partial charge in [-0.15, -0.1) is 0 Å². The number of ether oxygens (including phenoxy) is 3. The van der Waals surface area contributed by atoms with E-state index in [4.69, 9.17) is 14.2 Å². The van der Waals surface area contributed by atoms with Crippen molar-refractivity contribution in [1.82, 2.24) is 0 Å². The normalized spacial score (nSPS) is 17.3. The Hall–Kier alpha value is -0.580. The molecule has 1 fully saturated rings. The first-order chi connectivity index (χ1) is 6.81. The van der Waals surface area contributed by atoms with Gasteiger partial charge >= 0.3 is 0 Å². The molecule has 0 saturated carbocycles. The number of halogens is 1. The molecule has 0 spiro atoms. The lowest BCUT2D eigenvalue weighted by atomic mass is 10.2. The van der Waals surface area contributed by atoms with Gasteiger partial charge in [0.15, 0.2) is 6.29 Å². The van der Waals surface area contributed by atoms with Crippen molar-refractivity contribution >= 4 is 15.9 Å². The molecule has 0 bridgehead atoms. The zero-order valence-corrected chi connectivity index (χ0v) is 9.41. The van der Waals surface area contributed by atoms with E-state index in [0.717, 1.165) is 15.8 Å². The predicted octanol–water partition coefficient (Wildman–Crippen LogP) is 2.50. The fraction of sp³-hybridized carbons (Fsp3) is 0.400. The second-order valence-corrected chi connectivity index (χ2v) is 3.82. The number of rotatable bonds is 2. The standard InChI is InChI=1S/C10H11BrO3/c1-12-9-3-2-7(6-8(9)11)10-13-4-5-14-10/h2-3,6,10H,4-5H2,1H3. The highest BCUT2D eigenvalue weighted by atomic mass is 79.9. The van der Waals surface area contributed by atoms with Crippen LogP contribution in [0, 0.1) is 0 Å². The molecule has 1 saturated heterocycles. The number of benzene rings is 1. The van der Waals surface area contributed by atoms with Crippen molar-refractivity contribution < 1.29 is 14.2 Å². The first kappa shape index (κ1) is 9.96. The summed E-state index contributed by atoms with van der Waals surface area (Å²) in [6.07, 6.45) is -0.225. The molecule has 0 amide bonds. The quantitative estimate of drug-likeness (QED) is 0.816. The third-order valence-corrected chi connectivity index (χ3v) is 2.69. The summed E-state index contributed by atoms with van der Waals surface area (Å²) in [5.41, 5.74) is 1.01. The van der Waals surface area contributed by atoms with E-state index in [1.807, 2.05) is 18.2 Å². The van der Waals surface area contributed by atoms with Crippen LogP contribution in [0.25, 0.3) is 0 Å². The van der Waals surface area contributed by atoms with Crippen LogP contribution in [0.1, 0.15) is 11.9 Å². The van der Waals surface area contributed by atoms with E-state index in [2.05, 4.69) is 15.9 Å². The minimum Gasteiger partial charge on any atom is -0.496 e. The van der Waals surface area contributed by atoms with Gasteiger partial charge in [0.05, 0.1) is 24.8 Å². The van der Waals surface area contributed by atoms with Crippen LogP contribution in [0.2, 0.25) is 0 Å². The Morgan fingerprint density at radius 3 is 2.64 bits per heavy atom. The van der Waals surface area contributed by atoms with E-state index >= 15 is 0 Å². The van der Waals surface area contributed by atoms with Crippen LogP contribution in [0.3, 0.4) is 0 Å². The van der Waals surface area contributed by atoms with Gasteiger partial charge in [0.1, 0.15) is 5.75 Å². The van der Waals surface area contributed by atoms with Gasteiger partial charge in [0.25, 0.3) is 0 Å². The molecule has 1 heterocycles. The summed E-state index contributed by atoms with van der Waals surface area (Å²) in [6.45, 7) is 1.32. The lowest BCUT2D eigenvalue weighted by Gasteiger charge is -2.11. The molecule has 0 atom stereocenters. The molecule has 2 rings (SSSR count). The molecule has 1 aromatic carbocycles. The molecule has 3 nitrogen and oxygen atoms in total. The van der Waals surface area contributed by atoms with Crippen LogP contribution in [-0.2, 0) is 9.47 Å². The third kappa shape index (κ3) is 1.92. The molecule has 4 heteroatoms. The summed E-state index contributed by atoms with van der Waals surface area (Å²) in [4.78, 5) is 0. The van der Waals surface area contributed by atoms with Crippen LogP contribution in [0.4, 0.5) is 0 Å². The minimum atomic E-state index is -0.225. The summed E-state index contributed by atoms with van der Waals surface area (Å²) >= 11 is 3.42.